The third-order valence-corrected chi connectivity index (χ3v) is 2.38. The number of ether oxygens (including phenoxy) is 2. The molecule has 0 heterocycles. The molecular formula is C14H8F4O3. The molecule has 0 radical (unpaired) electrons. The van der Waals surface area contributed by atoms with Crippen molar-refractivity contribution in [3.8, 4) is 17.2 Å². The van der Waals surface area contributed by atoms with Crippen molar-refractivity contribution < 1.29 is 31.8 Å². The van der Waals surface area contributed by atoms with Crippen LogP contribution < -0.4 is 9.47 Å². The Morgan fingerprint density at radius 3 is 2.14 bits per heavy atom. The molecule has 0 bridgehead atoms. The molecule has 110 valence electrons. The van der Waals surface area contributed by atoms with Gasteiger partial charge in [0, 0.05) is 11.6 Å². The van der Waals surface area contributed by atoms with E-state index in [-0.39, 0.29) is 11.5 Å². The summed E-state index contributed by atoms with van der Waals surface area (Å²) < 4.78 is 58.3. The fraction of sp³-hybridized carbons (Fsp3) is 0.0714. The number of hydrogen-bond acceptors (Lipinski definition) is 3. The Morgan fingerprint density at radius 1 is 0.952 bits per heavy atom. The van der Waals surface area contributed by atoms with E-state index in [0.717, 1.165) is 18.2 Å². The molecule has 0 atom stereocenters. The quantitative estimate of drug-likeness (QED) is 0.623. The molecule has 0 amide bonds. The number of rotatable bonds is 4. The predicted molar refractivity (Wildman–Crippen MR) is 65.0 cm³/mol. The van der Waals surface area contributed by atoms with Crippen LogP contribution in [-0.2, 0) is 0 Å². The van der Waals surface area contributed by atoms with Crippen LogP contribution in [0.1, 0.15) is 10.4 Å². The Kier molecular flexibility index (Phi) is 4.11. The van der Waals surface area contributed by atoms with E-state index in [9.17, 15) is 22.4 Å². The highest BCUT2D eigenvalue weighted by atomic mass is 19.4. The second kappa shape index (κ2) is 5.82. The van der Waals surface area contributed by atoms with Gasteiger partial charge in [-0.15, -0.1) is 13.2 Å². The number of hydrogen-bond donors (Lipinski definition) is 0. The summed E-state index contributed by atoms with van der Waals surface area (Å²) in [5, 5.41) is 0. The number of carbonyl (C=O) groups is 1. The van der Waals surface area contributed by atoms with Gasteiger partial charge in [0.15, 0.2) is 11.6 Å². The molecule has 0 aromatic heterocycles. The molecular weight excluding hydrogens is 292 g/mol. The molecule has 0 saturated carbocycles. The Balaban J connectivity index is 2.20. The summed E-state index contributed by atoms with van der Waals surface area (Å²) in [7, 11) is 0. The van der Waals surface area contributed by atoms with Crippen molar-refractivity contribution in [2.24, 2.45) is 0 Å². The molecule has 21 heavy (non-hydrogen) atoms. The fourth-order valence-electron chi connectivity index (χ4n) is 1.50. The second-order valence-electron chi connectivity index (χ2n) is 3.93. The summed E-state index contributed by atoms with van der Waals surface area (Å²) in [6.07, 6.45) is -4.36. The average Bonchev–Trinajstić information content (AvgIpc) is 2.42. The number of carbonyl (C=O) groups excluding carboxylic acids is 1. The van der Waals surface area contributed by atoms with Crippen molar-refractivity contribution >= 4 is 6.29 Å². The molecule has 2 aromatic carbocycles. The Labute approximate surface area is 116 Å². The van der Waals surface area contributed by atoms with Crippen LogP contribution >= 0.6 is 0 Å². The zero-order chi connectivity index (χ0) is 15.5. The third kappa shape index (κ3) is 4.20. The Bertz CT molecular complexity index is 636. The molecule has 0 saturated heterocycles. The normalized spacial score (nSPS) is 11.0. The molecule has 0 fully saturated rings. The van der Waals surface area contributed by atoms with Crippen LogP contribution in [0.3, 0.4) is 0 Å². The van der Waals surface area contributed by atoms with Crippen LogP contribution in [0.15, 0.2) is 42.5 Å². The minimum Gasteiger partial charge on any atom is -0.457 e. The number of aldehydes is 1. The van der Waals surface area contributed by atoms with E-state index in [0.29, 0.717) is 11.8 Å². The van der Waals surface area contributed by atoms with Crippen molar-refractivity contribution in [3.63, 3.8) is 0 Å². The van der Waals surface area contributed by atoms with Gasteiger partial charge in [-0.3, -0.25) is 4.79 Å². The summed E-state index contributed by atoms with van der Waals surface area (Å²) >= 11 is 0. The van der Waals surface area contributed by atoms with Gasteiger partial charge in [-0.05, 0) is 36.4 Å². The van der Waals surface area contributed by atoms with E-state index in [1.807, 2.05) is 0 Å². The van der Waals surface area contributed by atoms with Crippen LogP contribution in [0.4, 0.5) is 17.6 Å². The first kappa shape index (κ1) is 14.8. The van der Waals surface area contributed by atoms with Gasteiger partial charge in [-0.25, -0.2) is 4.39 Å². The third-order valence-electron chi connectivity index (χ3n) is 2.38. The van der Waals surface area contributed by atoms with Crippen LogP contribution in [0, 0.1) is 5.82 Å². The van der Waals surface area contributed by atoms with E-state index in [2.05, 4.69) is 4.74 Å². The van der Waals surface area contributed by atoms with Gasteiger partial charge >= 0.3 is 6.36 Å². The van der Waals surface area contributed by atoms with Crippen molar-refractivity contribution in [3.05, 3.63) is 53.8 Å². The average molecular weight is 300 g/mol. The van der Waals surface area contributed by atoms with Crippen LogP contribution in [0.5, 0.6) is 17.2 Å². The molecule has 2 rings (SSSR count). The number of halogens is 4. The van der Waals surface area contributed by atoms with Gasteiger partial charge in [0.1, 0.15) is 17.8 Å². The van der Waals surface area contributed by atoms with Gasteiger partial charge in [0.25, 0.3) is 0 Å². The maximum atomic E-state index is 13.2. The summed E-state index contributed by atoms with van der Waals surface area (Å²) in [4.78, 5) is 10.5. The Morgan fingerprint density at radius 2 is 1.57 bits per heavy atom. The second-order valence-corrected chi connectivity index (χ2v) is 3.93. The summed E-state index contributed by atoms with van der Waals surface area (Å²) in [6.45, 7) is 0. The SMILES string of the molecule is O=Cc1ccc(Oc2ccc(F)c(OC(F)(F)F)c2)cc1. The minimum absolute atomic E-state index is 0.0329. The van der Waals surface area contributed by atoms with Gasteiger partial charge in [0.2, 0.25) is 0 Å². The van der Waals surface area contributed by atoms with Crippen molar-refractivity contribution in [2.75, 3.05) is 0 Å². The molecule has 0 aliphatic heterocycles. The zero-order valence-electron chi connectivity index (χ0n) is 10.4. The summed E-state index contributed by atoms with van der Waals surface area (Å²) in [5.41, 5.74) is 0.419. The maximum absolute atomic E-state index is 13.2. The molecule has 0 spiro atoms. The van der Waals surface area contributed by atoms with Gasteiger partial charge in [-0.1, -0.05) is 0 Å². The lowest BCUT2D eigenvalue weighted by atomic mass is 10.2. The van der Waals surface area contributed by atoms with Gasteiger partial charge in [0.05, 0.1) is 0 Å². The molecule has 0 N–H and O–H groups in total. The van der Waals surface area contributed by atoms with Crippen molar-refractivity contribution in [1.82, 2.24) is 0 Å². The van der Waals surface area contributed by atoms with Gasteiger partial charge in [-0.2, -0.15) is 0 Å². The fourth-order valence-corrected chi connectivity index (χ4v) is 1.50. The molecule has 7 heteroatoms. The van der Waals surface area contributed by atoms with E-state index < -0.39 is 17.9 Å². The van der Waals surface area contributed by atoms with Crippen molar-refractivity contribution in [2.45, 2.75) is 6.36 Å². The predicted octanol–water partition coefficient (Wildman–Crippen LogP) is 4.33. The van der Waals surface area contributed by atoms with E-state index in [1.165, 1.54) is 24.3 Å². The first-order valence-corrected chi connectivity index (χ1v) is 5.66. The van der Waals surface area contributed by atoms with Gasteiger partial charge < -0.3 is 9.47 Å². The van der Waals surface area contributed by atoms with Crippen LogP contribution in [0.2, 0.25) is 0 Å². The van der Waals surface area contributed by atoms with E-state index in [4.69, 9.17) is 4.74 Å². The lowest BCUT2D eigenvalue weighted by Crippen LogP contribution is -2.17. The summed E-state index contributed by atoms with van der Waals surface area (Å²) in [6, 6.07) is 8.60. The smallest absolute Gasteiger partial charge is 0.457 e. The first-order chi connectivity index (χ1) is 9.87. The van der Waals surface area contributed by atoms with E-state index in [1.54, 1.807) is 0 Å². The minimum atomic E-state index is -4.99. The Hall–Kier alpha value is -2.57. The highest BCUT2D eigenvalue weighted by molar-refractivity contribution is 5.74. The molecule has 2 aromatic rings. The monoisotopic (exact) mass is 300 g/mol. The van der Waals surface area contributed by atoms with Crippen LogP contribution in [-0.4, -0.2) is 12.6 Å². The number of alkyl halides is 3. The lowest BCUT2D eigenvalue weighted by Gasteiger charge is -2.11. The lowest BCUT2D eigenvalue weighted by molar-refractivity contribution is -0.275. The summed E-state index contributed by atoms with van der Waals surface area (Å²) in [5.74, 6) is -1.89. The molecule has 0 aliphatic rings. The zero-order valence-corrected chi connectivity index (χ0v) is 10.4. The molecule has 0 unspecified atom stereocenters. The highest BCUT2D eigenvalue weighted by Gasteiger charge is 2.32. The first-order valence-electron chi connectivity index (χ1n) is 5.66. The largest absolute Gasteiger partial charge is 0.573 e. The topological polar surface area (TPSA) is 35.5 Å². The standard InChI is InChI=1S/C14H8F4O3/c15-12-6-5-11(7-13(12)21-14(16,17)18)20-10-3-1-9(8-19)2-4-10/h1-8H. The van der Waals surface area contributed by atoms with E-state index >= 15 is 0 Å². The molecule has 0 aliphatic carbocycles. The van der Waals surface area contributed by atoms with Crippen LogP contribution in [0.25, 0.3) is 0 Å². The van der Waals surface area contributed by atoms with Crippen molar-refractivity contribution in [1.29, 1.82) is 0 Å². The maximum Gasteiger partial charge on any atom is 0.573 e. The number of benzene rings is 2. The highest BCUT2D eigenvalue weighted by Crippen LogP contribution is 2.31. The molecule has 3 nitrogen and oxygen atoms in total.